The first kappa shape index (κ1) is 30.8. The number of ether oxygens (including phenoxy) is 2. The summed E-state index contributed by atoms with van der Waals surface area (Å²) in [5.41, 5.74) is -3.10. The van der Waals surface area contributed by atoms with Crippen LogP contribution in [0.15, 0.2) is 20.6 Å². The number of fused-ring (bicyclic) bond motifs is 1. The molecule has 0 aromatic carbocycles. The fourth-order valence-electron chi connectivity index (χ4n) is 4.18. The maximum atomic E-state index is 12.8. The molecule has 0 aliphatic carbocycles. The average Bonchev–Trinajstić information content (AvgIpc) is 3.25. The largest absolute Gasteiger partial charge is 1.00 e. The van der Waals surface area contributed by atoms with Crippen molar-refractivity contribution in [3.8, 4) is 5.88 Å². The number of rotatable bonds is 8. The number of H-pyrrole nitrogens is 1. The molecule has 2 aliphatic rings. The van der Waals surface area contributed by atoms with Gasteiger partial charge < -0.3 is 29.7 Å². The van der Waals surface area contributed by atoms with Crippen LogP contribution < -0.4 is 51.6 Å². The maximum Gasteiger partial charge on any atom is 1.00 e. The zero-order chi connectivity index (χ0) is 27.1. The molecule has 4 N–H and O–H groups in total. The summed E-state index contributed by atoms with van der Waals surface area (Å²) in [6, 6.07) is 0. The number of nitrogens with zero attached hydrogens (tertiary/aromatic N) is 3. The van der Waals surface area contributed by atoms with Gasteiger partial charge in [0.2, 0.25) is 0 Å². The first-order valence-electron chi connectivity index (χ1n) is 11.1. The van der Waals surface area contributed by atoms with E-state index in [2.05, 4.69) is 9.97 Å². The Kier molecular flexibility index (Phi) is 9.59. The summed E-state index contributed by atoms with van der Waals surface area (Å²) >= 11 is 0. The van der Waals surface area contributed by atoms with Crippen LogP contribution in [0, 0.1) is 13.8 Å². The van der Waals surface area contributed by atoms with Crippen LogP contribution in [0.5, 0.6) is 5.88 Å². The third kappa shape index (κ3) is 6.21. The number of nitrogens with one attached hydrogen (secondary N) is 1. The van der Waals surface area contributed by atoms with Crippen molar-refractivity contribution in [2.45, 2.75) is 57.5 Å². The van der Waals surface area contributed by atoms with Crippen LogP contribution in [0.1, 0.15) is 29.5 Å². The first-order valence-corrected chi connectivity index (χ1v) is 12.6. The van der Waals surface area contributed by atoms with Gasteiger partial charge in [0, 0.05) is 30.3 Å². The van der Waals surface area contributed by atoms with E-state index in [0.717, 1.165) is 4.57 Å². The van der Waals surface area contributed by atoms with Crippen molar-refractivity contribution >= 4 is 7.82 Å². The zero-order valence-electron chi connectivity index (χ0n) is 20.9. The summed E-state index contributed by atoms with van der Waals surface area (Å²) in [7, 11) is -4.85. The molecule has 16 nitrogen and oxygen atoms in total. The molecule has 0 radical (unpaired) electrons. The Balaban J connectivity index is 0.00000400. The van der Waals surface area contributed by atoms with Crippen LogP contribution in [-0.4, -0.2) is 71.8 Å². The van der Waals surface area contributed by atoms with Crippen molar-refractivity contribution < 1.29 is 72.9 Å². The van der Waals surface area contributed by atoms with E-state index in [4.69, 9.17) is 18.5 Å². The number of aliphatic hydroxyl groups excluding tert-OH is 2. The van der Waals surface area contributed by atoms with Crippen LogP contribution in [0.25, 0.3) is 0 Å². The van der Waals surface area contributed by atoms with Crippen molar-refractivity contribution in [3.05, 3.63) is 54.3 Å². The van der Waals surface area contributed by atoms with E-state index in [0.29, 0.717) is 0 Å². The molecule has 1 fully saturated rings. The van der Waals surface area contributed by atoms with E-state index < -0.39 is 74.5 Å². The van der Waals surface area contributed by atoms with E-state index in [-0.39, 0.29) is 66.0 Å². The first-order chi connectivity index (χ1) is 17.4. The van der Waals surface area contributed by atoms with E-state index >= 15 is 0 Å². The minimum Gasteiger partial charge on any atom is -0.858 e. The number of aromatic amines is 1. The van der Waals surface area contributed by atoms with E-state index in [1.54, 1.807) is 0 Å². The van der Waals surface area contributed by atoms with Crippen LogP contribution in [0.3, 0.4) is 0 Å². The second-order valence-electron chi connectivity index (χ2n) is 8.90. The molecular weight excluding hydrogens is 542 g/mol. The van der Waals surface area contributed by atoms with E-state index in [9.17, 15) is 39.2 Å². The fourth-order valence-corrected chi connectivity index (χ4v) is 5.20. The monoisotopic (exact) mass is 568 g/mol. The molecule has 4 rings (SSSR count). The zero-order valence-corrected chi connectivity index (χ0v) is 23.8. The summed E-state index contributed by atoms with van der Waals surface area (Å²) in [5, 5.41) is 31.2. The molecular formula is C20H26N4NaO12P. The molecule has 204 valence electrons. The smallest absolute Gasteiger partial charge is 0.858 e. The molecule has 38 heavy (non-hydrogen) atoms. The topological polar surface area (TPSA) is 227 Å². The standard InChI is InChI=1S/C20H27N4O12P.Na/c1-10-5-23(18(29)21-16(10)27)15-3-13(14(6-25)35-15)36-37(31,32)34-8-20(7-26)4-12-11(2)17(28)22-19(30)24(12)9-33-20;/h5,13-15,25-26H,3-4,6-9H2,1-2H3,(H,31,32)(H,21,27,29)(H,22,28,30);/q;+1/p-1/t13-,14+,15+,20-;/m0./s1. The number of phosphoric ester groups is 1. The van der Waals surface area contributed by atoms with Crippen LogP contribution in [-0.2, 0) is 36.2 Å². The van der Waals surface area contributed by atoms with Gasteiger partial charge in [0.25, 0.3) is 5.56 Å². The second kappa shape index (κ2) is 11.8. The Morgan fingerprint density at radius 2 is 2.03 bits per heavy atom. The maximum absolute atomic E-state index is 12.8. The Hall–Kier alpha value is -1.69. The summed E-state index contributed by atoms with van der Waals surface area (Å²) < 4.78 is 36.4. The number of hydrogen-bond donors (Lipinski definition) is 4. The van der Waals surface area contributed by atoms with E-state index in [1.165, 1.54) is 24.6 Å². The number of hydrogen-bond acceptors (Lipinski definition) is 12. The van der Waals surface area contributed by atoms with Gasteiger partial charge in [-0.15, -0.1) is 0 Å². The van der Waals surface area contributed by atoms with Crippen LogP contribution in [0.2, 0.25) is 0 Å². The Morgan fingerprint density at radius 1 is 1.32 bits per heavy atom. The quantitative estimate of drug-likeness (QED) is 0.172. The van der Waals surface area contributed by atoms with Crippen LogP contribution >= 0.6 is 7.82 Å². The second-order valence-corrected chi connectivity index (χ2v) is 10.3. The van der Waals surface area contributed by atoms with Crippen molar-refractivity contribution in [1.29, 1.82) is 0 Å². The predicted molar refractivity (Wildman–Crippen MR) is 120 cm³/mol. The van der Waals surface area contributed by atoms with Gasteiger partial charge >= 0.3 is 48.8 Å². The Labute approximate surface area is 236 Å². The van der Waals surface area contributed by atoms with Crippen molar-refractivity contribution in [2.24, 2.45) is 0 Å². The molecule has 2 aromatic rings. The third-order valence-electron chi connectivity index (χ3n) is 6.36. The summed E-state index contributed by atoms with van der Waals surface area (Å²) in [6.45, 7) is 0.645. The molecule has 18 heteroatoms. The minimum atomic E-state index is -4.85. The molecule has 0 saturated carbocycles. The average molecular weight is 568 g/mol. The van der Waals surface area contributed by atoms with Crippen molar-refractivity contribution in [3.63, 3.8) is 0 Å². The SMILES string of the molecule is Cc1cn([C@H]2C[C@H](OP(=O)(O)OC[C@@]3(CO)Cc4c(C)c(=O)[nH]c(=O)n4CO3)[C@@H](CO)O2)c(=O)nc1[O-].[Na+]. The van der Waals surface area contributed by atoms with Gasteiger partial charge in [-0.3, -0.25) is 28.0 Å². The number of aliphatic hydroxyl groups is 2. The number of aryl methyl sites for hydroxylation is 1. The molecule has 0 bridgehead atoms. The Bertz CT molecular complexity index is 1410. The van der Waals surface area contributed by atoms with Gasteiger partial charge in [-0.25, -0.2) is 19.1 Å². The molecule has 1 unspecified atom stereocenters. The molecule has 4 heterocycles. The third-order valence-corrected chi connectivity index (χ3v) is 7.35. The molecule has 0 spiro atoms. The summed E-state index contributed by atoms with van der Waals surface area (Å²) in [6.07, 6.45) is -2.44. The predicted octanol–water partition coefficient (Wildman–Crippen LogP) is -5.47. The van der Waals surface area contributed by atoms with Gasteiger partial charge in [0.1, 0.15) is 30.8 Å². The van der Waals surface area contributed by atoms with Crippen LogP contribution in [0.4, 0.5) is 0 Å². The summed E-state index contributed by atoms with van der Waals surface area (Å²) in [4.78, 5) is 52.0. The molecule has 1 saturated heterocycles. The molecule has 5 atom stereocenters. The van der Waals surface area contributed by atoms with E-state index in [1.807, 2.05) is 0 Å². The molecule has 2 aliphatic heterocycles. The minimum absolute atomic E-state index is 0. The van der Waals surface area contributed by atoms with Crippen molar-refractivity contribution in [1.82, 2.24) is 19.1 Å². The van der Waals surface area contributed by atoms with Gasteiger partial charge in [-0.05, 0) is 25.3 Å². The van der Waals surface area contributed by atoms with Gasteiger partial charge in [0.05, 0.1) is 19.8 Å². The molecule has 2 aromatic heterocycles. The van der Waals surface area contributed by atoms with Crippen molar-refractivity contribution in [2.75, 3.05) is 19.8 Å². The molecule has 0 amide bonds. The fraction of sp³-hybridized carbons (Fsp3) is 0.600. The van der Waals surface area contributed by atoms with Gasteiger partial charge in [0.15, 0.2) is 0 Å². The Morgan fingerprint density at radius 3 is 2.68 bits per heavy atom. The van der Waals surface area contributed by atoms with Gasteiger partial charge in [-0.1, -0.05) is 0 Å². The summed E-state index contributed by atoms with van der Waals surface area (Å²) in [5.74, 6) is -0.700. The number of phosphoric acid groups is 1. The van der Waals surface area contributed by atoms with Gasteiger partial charge in [-0.2, -0.15) is 0 Å². The number of aromatic nitrogens is 4. The normalized spacial score (nSPS) is 26.4.